The summed E-state index contributed by atoms with van der Waals surface area (Å²) in [5.41, 5.74) is -0.668. The maximum atomic E-state index is 11.8. The zero-order chi connectivity index (χ0) is 14.6. The summed E-state index contributed by atoms with van der Waals surface area (Å²) in [5.74, 6) is -0.604. The minimum absolute atomic E-state index is 0.0953. The van der Waals surface area contributed by atoms with Gasteiger partial charge in [-0.15, -0.1) is 0 Å². The van der Waals surface area contributed by atoms with Crippen molar-refractivity contribution < 1.29 is 23.8 Å². The lowest BCUT2D eigenvalue weighted by Gasteiger charge is -2.28. The van der Waals surface area contributed by atoms with Crippen LogP contribution in [0.1, 0.15) is 26.5 Å². The Kier molecular flexibility index (Phi) is 4.58. The van der Waals surface area contributed by atoms with Crippen LogP contribution in [0.25, 0.3) is 0 Å². The Bertz CT molecular complexity index is 432. The van der Waals surface area contributed by atoms with Crippen molar-refractivity contribution in [3.8, 4) is 0 Å². The van der Waals surface area contributed by atoms with E-state index < -0.39 is 23.7 Å². The van der Waals surface area contributed by atoms with Crippen molar-refractivity contribution in [1.29, 1.82) is 0 Å². The quantitative estimate of drug-likeness (QED) is 0.905. The highest BCUT2D eigenvalue weighted by molar-refractivity contribution is 5.80. The average molecular weight is 269 g/mol. The molecular weight excluding hydrogens is 250 g/mol. The number of nitrogens with zero attached hydrogens (tertiary/aromatic N) is 1. The van der Waals surface area contributed by atoms with E-state index in [1.165, 1.54) is 13.3 Å². The lowest BCUT2D eigenvalue weighted by molar-refractivity contribution is -0.142. The molecule has 1 N–H and O–H groups in total. The fourth-order valence-electron chi connectivity index (χ4n) is 1.47. The lowest BCUT2D eigenvalue weighted by atomic mass is 10.1. The minimum Gasteiger partial charge on any atom is -0.480 e. The highest BCUT2D eigenvalue weighted by Gasteiger charge is 2.30. The second kappa shape index (κ2) is 5.77. The molecule has 0 bridgehead atoms. The molecule has 0 aromatic carbocycles. The van der Waals surface area contributed by atoms with Crippen LogP contribution in [-0.2, 0) is 16.0 Å². The lowest BCUT2D eigenvalue weighted by Crippen LogP contribution is -2.45. The zero-order valence-corrected chi connectivity index (χ0v) is 11.5. The van der Waals surface area contributed by atoms with Crippen LogP contribution in [0.3, 0.4) is 0 Å². The summed E-state index contributed by atoms with van der Waals surface area (Å²) < 4.78 is 10.2. The van der Waals surface area contributed by atoms with E-state index >= 15 is 0 Å². The number of furan rings is 1. The van der Waals surface area contributed by atoms with Gasteiger partial charge < -0.3 is 14.3 Å². The summed E-state index contributed by atoms with van der Waals surface area (Å²) in [7, 11) is 1.40. The van der Waals surface area contributed by atoms with E-state index in [-0.39, 0.29) is 6.42 Å². The number of rotatable bonds is 4. The Hall–Kier alpha value is -1.98. The van der Waals surface area contributed by atoms with Crippen LogP contribution in [0.2, 0.25) is 0 Å². The molecule has 0 aliphatic carbocycles. The van der Waals surface area contributed by atoms with Crippen LogP contribution in [0, 0.1) is 0 Å². The number of aliphatic carboxylic acids is 1. The van der Waals surface area contributed by atoms with E-state index in [9.17, 15) is 14.7 Å². The van der Waals surface area contributed by atoms with Gasteiger partial charge in [-0.25, -0.2) is 9.59 Å². The third-order valence-electron chi connectivity index (χ3n) is 2.41. The molecule has 0 fully saturated rings. The van der Waals surface area contributed by atoms with E-state index in [4.69, 9.17) is 9.15 Å². The Balaban J connectivity index is 2.76. The molecule has 0 saturated heterocycles. The summed E-state index contributed by atoms with van der Waals surface area (Å²) in [6.45, 7) is 5.17. The van der Waals surface area contributed by atoms with Crippen molar-refractivity contribution in [2.45, 2.75) is 38.8 Å². The van der Waals surface area contributed by atoms with Gasteiger partial charge in [-0.1, -0.05) is 0 Å². The average Bonchev–Trinajstić information content (AvgIpc) is 2.74. The van der Waals surface area contributed by atoms with Gasteiger partial charge in [0.25, 0.3) is 0 Å². The van der Waals surface area contributed by atoms with Gasteiger partial charge in [-0.05, 0) is 32.9 Å². The zero-order valence-electron chi connectivity index (χ0n) is 11.5. The normalized spacial score (nSPS) is 12.8. The number of likely N-dealkylation sites (N-methyl/N-ethyl adjacent to an activating group) is 1. The summed E-state index contributed by atoms with van der Waals surface area (Å²) in [6, 6.07) is 2.31. The van der Waals surface area contributed by atoms with Gasteiger partial charge in [0.15, 0.2) is 0 Å². The van der Waals surface area contributed by atoms with E-state index in [0.717, 1.165) is 4.90 Å². The highest BCUT2D eigenvalue weighted by Crippen LogP contribution is 2.14. The molecule has 0 saturated carbocycles. The summed E-state index contributed by atoms with van der Waals surface area (Å²) in [5, 5.41) is 9.20. The first-order chi connectivity index (χ1) is 8.70. The van der Waals surface area contributed by atoms with Crippen LogP contribution in [-0.4, -0.2) is 40.8 Å². The van der Waals surface area contributed by atoms with Crippen molar-refractivity contribution in [3.63, 3.8) is 0 Å². The van der Waals surface area contributed by atoms with Crippen molar-refractivity contribution in [2.75, 3.05) is 7.05 Å². The van der Waals surface area contributed by atoms with Crippen LogP contribution >= 0.6 is 0 Å². The van der Waals surface area contributed by atoms with Gasteiger partial charge in [0.05, 0.1) is 6.26 Å². The van der Waals surface area contributed by atoms with Crippen LogP contribution in [0.5, 0.6) is 0 Å². The maximum Gasteiger partial charge on any atom is 0.410 e. The third kappa shape index (κ3) is 4.65. The SMILES string of the molecule is CN(C(=O)OC(C)(C)C)C(Cc1ccco1)C(=O)O. The van der Waals surface area contributed by atoms with Crippen molar-refractivity contribution >= 4 is 12.1 Å². The number of carbonyl (C=O) groups excluding carboxylic acids is 1. The monoisotopic (exact) mass is 269 g/mol. The molecule has 0 aliphatic rings. The molecule has 0 aliphatic heterocycles. The van der Waals surface area contributed by atoms with E-state index in [1.807, 2.05) is 0 Å². The number of amides is 1. The first-order valence-corrected chi connectivity index (χ1v) is 5.91. The molecule has 1 aromatic rings. The number of carboxylic acids is 1. The second-order valence-corrected chi connectivity index (χ2v) is 5.23. The standard InChI is InChI=1S/C13H19NO5/c1-13(2,3)19-12(17)14(4)10(11(15)16)8-9-6-5-7-18-9/h5-7,10H,8H2,1-4H3,(H,15,16). The van der Waals surface area contributed by atoms with Gasteiger partial charge in [0.1, 0.15) is 17.4 Å². The van der Waals surface area contributed by atoms with Crippen LogP contribution in [0.4, 0.5) is 4.79 Å². The predicted molar refractivity (Wildman–Crippen MR) is 67.8 cm³/mol. The van der Waals surface area contributed by atoms with Crippen LogP contribution in [0.15, 0.2) is 22.8 Å². The number of carbonyl (C=O) groups is 2. The van der Waals surface area contributed by atoms with Crippen LogP contribution < -0.4 is 0 Å². The fraction of sp³-hybridized carbons (Fsp3) is 0.538. The molecule has 1 heterocycles. The number of carboxylic acid groups (broad SMARTS) is 1. The molecular formula is C13H19NO5. The Labute approximate surface area is 112 Å². The summed E-state index contributed by atoms with van der Waals surface area (Å²) >= 11 is 0. The topological polar surface area (TPSA) is 80.0 Å². The maximum absolute atomic E-state index is 11.8. The van der Waals surface area contributed by atoms with E-state index in [0.29, 0.717) is 5.76 Å². The molecule has 6 heteroatoms. The highest BCUT2D eigenvalue weighted by atomic mass is 16.6. The molecule has 1 atom stereocenters. The smallest absolute Gasteiger partial charge is 0.410 e. The largest absolute Gasteiger partial charge is 0.480 e. The predicted octanol–water partition coefficient (Wildman–Crippen LogP) is 2.14. The van der Waals surface area contributed by atoms with Crippen molar-refractivity contribution in [1.82, 2.24) is 4.90 Å². The summed E-state index contributed by atoms with van der Waals surface area (Å²) in [6.07, 6.45) is 0.881. The number of hydrogen-bond donors (Lipinski definition) is 1. The minimum atomic E-state index is -1.11. The Morgan fingerprint density at radius 1 is 1.47 bits per heavy atom. The molecule has 19 heavy (non-hydrogen) atoms. The third-order valence-corrected chi connectivity index (χ3v) is 2.41. The Morgan fingerprint density at radius 2 is 2.11 bits per heavy atom. The molecule has 1 rings (SSSR count). The van der Waals surface area contributed by atoms with E-state index in [2.05, 4.69) is 0 Å². The first-order valence-electron chi connectivity index (χ1n) is 5.91. The molecule has 106 valence electrons. The molecule has 0 spiro atoms. The fourth-order valence-corrected chi connectivity index (χ4v) is 1.47. The molecule has 1 amide bonds. The van der Waals surface area contributed by atoms with Gasteiger partial charge >= 0.3 is 12.1 Å². The number of hydrogen-bond acceptors (Lipinski definition) is 4. The summed E-state index contributed by atoms with van der Waals surface area (Å²) in [4.78, 5) is 24.2. The first kappa shape index (κ1) is 15.1. The molecule has 1 unspecified atom stereocenters. The second-order valence-electron chi connectivity index (χ2n) is 5.23. The molecule has 1 aromatic heterocycles. The van der Waals surface area contributed by atoms with Crippen molar-refractivity contribution in [2.24, 2.45) is 0 Å². The Morgan fingerprint density at radius 3 is 2.53 bits per heavy atom. The van der Waals surface area contributed by atoms with Gasteiger partial charge in [0, 0.05) is 13.5 Å². The van der Waals surface area contributed by atoms with Gasteiger partial charge in [0.2, 0.25) is 0 Å². The molecule has 6 nitrogen and oxygen atoms in total. The molecule has 0 radical (unpaired) electrons. The number of ether oxygens (including phenoxy) is 1. The van der Waals surface area contributed by atoms with E-state index in [1.54, 1.807) is 32.9 Å². The van der Waals surface area contributed by atoms with Gasteiger partial charge in [-0.3, -0.25) is 4.90 Å². The van der Waals surface area contributed by atoms with Crippen molar-refractivity contribution in [3.05, 3.63) is 24.2 Å². The van der Waals surface area contributed by atoms with Gasteiger partial charge in [-0.2, -0.15) is 0 Å².